The van der Waals surface area contributed by atoms with Crippen LogP contribution in [0.5, 0.6) is 17.2 Å². The number of carboxylic acid groups (broad SMARTS) is 1. The first kappa shape index (κ1) is 20.2. The third-order valence-electron chi connectivity index (χ3n) is 5.60. The van der Waals surface area contributed by atoms with Gasteiger partial charge in [-0.05, 0) is 39.3 Å². The van der Waals surface area contributed by atoms with Crippen molar-refractivity contribution in [2.24, 2.45) is 5.92 Å². The third-order valence-corrected chi connectivity index (χ3v) is 5.60. The fraction of sp³-hybridized carbons (Fsp3) is 0.545. The molecule has 0 aliphatic carbocycles. The highest BCUT2D eigenvalue weighted by molar-refractivity contribution is 6.06. The number of ketones is 1. The standard InChI is InChI=1S/C22H28O6/c1-6-7-13(10-15(23)24)16-20-14(8-9-22(4,5)28-20)19(26)17-18(25)11(2)12(3)27-21(16)17/h8-9,11-13,26H,6-7,10H2,1-5H3,(H,23,24)/t11-,12-,13+/m1/s1. The minimum atomic E-state index is -0.928. The lowest BCUT2D eigenvalue weighted by atomic mass is 9.81. The van der Waals surface area contributed by atoms with Gasteiger partial charge in [0.1, 0.15) is 34.5 Å². The van der Waals surface area contributed by atoms with E-state index < -0.39 is 17.5 Å². The zero-order chi connectivity index (χ0) is 20.8. The summed E-state index contributed by atoms with van der Waals surface area (Å²) >= 11 is 0. The van der Waals surface area contributed by atoms with Crippen molar-refractivity contribution in [3.05, 3.63) is 22.8 Å². The number of Topliss-reactive ketones (excluding diaryl/α,β-unsaturated/α-hetero) is 1. The summed E-state index contributed by atoms with van der Waals surface area (Å²) in [6, 6.07) is 0. The van der Waals surface area contributed by atoms with Crippen LogP contribution in [-0.4, -0.2) is 33.7 Å². The van der Waals surface area contributed by atoms with Gasteiger partial charge in [0.2, 0.25) is 0 Å². The lowest BCUT2D eigenvalue weighted by Crippen LogP contribution is -2.36. The van der Waals surface area contributed by atoms with Crippen molar-refractivity contribution in [2.45, 2.75) is 71.5 Å². The molecule has 0 radical (unpaired) electrons. The van der Waals surface area contributed by atoms with Crippen LogP contribution in [0.25, 0.3) is 6.08 Å². The van der Waals surface area contributed by atoms with Gasteiger partial charge < -0.3 is 19.7 Å². The average Bonchev–Trinajstić information content (AvgIpc) is 2.58. The number of carboxylic acids is 1. The van der Waals surface area contributed by atoms with E-state index in [2.05, 4.69) is 0 Å². The Labute approximate surface area is 165 Å². The van der Waals surface area contributed by atoms with Crippen molar-refractivity contribution >= 4 is 17.8 Å². The zero-order valence-electron chi connectivity index (χ0n) is 17.0. The molecule has 2 aliphatic rings. The highest BCUT2D eigenvalue weighted by Crippen LogP contribution is 2.53. The maximum Gasteiger partial charge on any atom is 0.303 e. The molecule has 3 atom stereocenters. The van der Waals surface area contributed by atoms with Gasteiger partial charge >= 0.3 is 5.97 Å². The molecule has 6 nitrogen and oxygen atoms in total. The molecule has 0 bridgehead atoms. The second-order valence-corrected chi connectivity index (χ2v) is 8.31. The summed E-state index contributed by atoms with van der Waals surface area (Å²) in [5.41, 5.74) is 0.508. The first-order valence-electron chi connectivity index (χ1n) is 9.81. The summed E-state index contributed by atoms with van der Waals surface area (Å²) in [4.78, 5) is 24.6. The molecular weight excluding hydrogens is 360 g/mol. The number of hydrogen-bond donors (Lipinski definition) is 2. The van der Waals surface area contributed by atoms with Crippen LogP contribution < -0.4 is 9.47 Å². The van der Waals surface area contributed by atoms with Crippen LogP contribution in [0.2, 0.25) is 0 Å². The number of phenolic OH excluding ortho intramolecular Hbond substituents is 1. The predicted octanol–water partition coefficient (Wildman–Crippen LogP) is 4.53. The SMILES string of the molecule is CCC[C@@H](CC(=O)O)c1c2c(c(O)c3c1O[C@H](C)[C@@H](C)C3=O)C=CC(C)(C)O2. The minimum absolute atomic E-state index is 0.105. The van der Waals surface area contributed by atoms with Crippen LogP contribution in [0, 0.1) is 5.92 Å². The van der Waals surface area contributed by atoms with Crippen LogP contribution in [0.3, 0.4) is 0 Å². The van der Waals surface area contributed by atoms with Crippen molar-refractivity contribution < 1.29 is 29.3 Å². The molecule has 0 aromatic heterocycles. The van der Waals surface area contributed by atoms with E-state index in [4.69, 9.17) is 9.47 Å². The van der Waals surface area contributed by atoms with E-state index in [0.717, 1.165) is 6.42 Å². The quantitative estimate of drug-likeness (QED) is 0.769. The van der Waals surface area contributed by atoms with Gasteiger partial charge in [-0.1, -0.05) is 20.3 Å². The van der Waals surface area contributed by atoms with Crippen molar-refractivity contribution in [3.8, 4) is 17.2 Å². The molecule has 3 rings (SSSR count). The number of fused-ring (bicyclic) bond motifs is 2. The summed E-state index contributed by atoms with van der Waals surface area (Å²) < 4.78 is 12.3. The van der Waals surface area contributed by atoms with Gasteiger partial charge in [-0.2, -0.15) is 0 Å². The highest BCUT2D eigenvalue weighted by atomic mass is 16.5. The van der Waals surface area contributed by atoms with Gasteiger partial charge in [-0.15, -0.1) is 0 Å². The molecule has 0 saturated heterocycles. The van der Waals surface area contributed by atoms with Crippen LogP contribution in [0.15, 0.2) is 6.08 Å². The van der Waals surface area contributed by atoms with E-state index in [-0.39, 0.29) is 41.3 Å². The maximum absolute atomic E-state index is 13.0. The van der Waals surface area contributed by atoms with Gasteiger partial charge in [0.15, 0.2) is 5.78 Å². The lowest BCUT2D eigenvalue weighted by Gasteiger charge is -2.37. The predicted molar refractivity (Wildman–Crippen MR) is 105 cm³/mol. The summed E-state index contributed by atoms with van der Waals surface area (Å²) in [5, 5.41) is 20.4. The fourth-order valence-electron chi connectivity index (χ4n) is 3.94. The van der Waals surface area contributed by atoms with E-state index >= 15 is 0 Å². The minimum Gasteiger partial charge on any atom is -0.506 e. The Morgan fingerprint density at radius 2 is 1.96 bits per heavy atom. The first-order chi connectivity index (χ1) is 13.1. The number of phenols is 1. The number of carbonyl (C=O) groups is 2. The maximum atomic E-state index is 13.0. The van der Waals surface area contributed by atoms with Gasteiger partial charge in [0, 0.05) is 11.5 Å². The number of aromatic hydroxyl groups is 1. The monoisotopic (exact) mass is 388 g/mol. The zero-order valence-corrected chi connectivity index (χ0v) is 17.0. The van der Waals surface area contributed by atoms with Crippen molar-refractivity contribution in [1.82, 2.24) is 0 Å². The Morgan fingerprint density at radius 3 is 2.57 bits per heavy atom. The van der Waals surface area contributed by atoms with Crippen molar-refractivity contribution in [3.63, 3.8) is 0 Å². The number of hydrogen-bond acceptors (Lipinski definition) is 5. The van der Waals surface area contributed by atoms with E-state index in [0.29, 0.717) is 23.3 Å². The van der Waals surface area contributed by atoms with E-state index in [1.807, 2.05) is 33.8 Å². The molecule has 152 valence electrons. The molecule has 1 aromatic carbocycles. The smallest absolute Gasteiger partial charge is 0.303 e. The molecule has 6 heteroatoms. The molecule has 2 N–H and O–H groups in total. The van der Waals surface area contributed by atoms with Crippen LogP contribution in [0.4, 0.5) is 0 Å². The molecule has 28 heavy (non-hydrogen) atoms. The Kier molecular flexibility index (Phi) is 5.17. The molecule has 0 amide bonds. The number of aliphatic carboxylic acids is 1. The lowest BCUT2D eigenvalue weighted by molar-refractivity contribution is -0.137. The van der Waals surface area contributed by atoms with Crippen molar-refractivity contribution in [1.29, 1.82) is 0 Å². The van der Waals surface area contributed by atoms with E-state index in [9.17, 15) is 19.8 Å². The summed E-state index contributed by atoms with van der Waals surface area (Å²) in [5.74, 6) is -1.38. The summed E-state index contributed by atoms with van der Waals surface area (Å²) in [6.45, 7) is 9.33. The average molecular weight is 388 g/mol. The Hall–Kier alpha value is -2.50. The molecular formula is C22H28O6. The van der Waals surface area contributed by atoms with Crippen LogP contribution in [-0.2, 0) is 4.79 Å². The topological polar surface area (TPSA) is 93.1 Å². The first-order valence-corrected chi connectivity index (χ1v) is 9.81. The van der Waals surface area contributed by atoms with E-state index in [1.54, 1.807) is 13.0 Å². The van der Waals surface area contributed by atoms with Gasteiger partial charge in [-0.3, -0.25) is 9.59 Å². The fourth-order valence-corrected chi connectivity index (χ4v) is 3.94. The number of ether oxygens (including phenoxy) is 2. The molecule has 1 aromatic rings. The Morgan fingerprint density at radius 1 is 1.29 bits per heavy atom. The van der Waals surface area contributed by atoms with E-state index in [1.165, 1.54) is 0 Å². The normalized spacial score (nSPS) is 23.2. The van der Waals surface area contributed by atoms with Crippen molar-refractivity contribution in [2.75, 3.05) is 0 Å². The van der Waals surface area contributed by atoms with Gasteiger partial charge in [-0.25, -0.2) is 0 Å². The van der Waals surface area contributed by atoms with Crippen LogP contribution >= 0.6 is 0 Å². The Bertz CT molecular complexity index is 851. The van der Waals surface area contributed by atoms with Gasteiger partial charge in [0.05, 0.1) is 17.9 Å². The van der Waals surface area contributed by atoms with Crippen LogP contribution in [0.1, 0.15) is 81.3 Å². The highest BCUT2D eigenvalue weighted by Gasteiger charge is 2.41. The Balaban J connectivity index is 2.34. The molecule has 0 fully saturated rings. The summed E-state index contributed by atoms with van der Waals surface area (Å²) in [6.07, 6.45) is 4.45. The largest absolute Gasteiger partial charge is 0.506 e. The second kappa shape index (κ2) is 7.15. The number of carbonyl (C=O) groups excluding carboxylic acids is 1. The third kappa shape index (κ3) is 3.36. The molecule has 2 heterocycles. The number of rotatable bonds is 5. The molecule has 0 spiro atoms. The second-order valence-electron chi connectivity index (χ2n) is 8.31. The molecule has 0 saturated carbocycles. The molecule has 0 unspecified atom stereocenters. The molecule has 2 aliphatic heterocycles. The summed E-state index contributed by atoms with van der Waals surface area (Å²) in [7, 11) is 0. The number of benzene rings is 1. The van der Waals surface area contributed by atoms with Gasteiger partial charge in [0.25, 0.3) is 0 Å².